The van der Waals surface area contributed by atoms with Gasteiger partial charge in [-0.05, 0) is 38.3 Å². The van der Waals surface area contributed by atoms with Gasteiger partial charge in [-0.1, -0.05) is 11.6 Å². The molecule has 1 aliphatic rings. The predicted octanol–water partition coefficient (Wildman–Crippen LogP) is 2.11. The van der Waals surface area contributed by atoms with Crippen molar-refractivity contribution in [2.75, 3.05) is 0 Å². The third-order valence-electron chi connectivity index (χ3n) is 2.85. The summed E-state index contributed by atoms with van der Waals surface area (Å²) in [5, 5.41) is 13.3. The Bertz CT molecular complexity index is 530. The minimum absolute atomic E-state index is 0.685. The van der Waals surface area contributed by atoms with E-state index >= 15 is 0 Å². The average molecular weight is 235 g/mol. The monoisotopic (exact) mass is 234 g/mol. The van der Waals surface area contributed by atoms with Gasteiger partial charge in [0.25, 0.3) is 0 Å². The van der Waals surface area contributed by atoms with Gasteiger partial charge in [-0.2, -0.15) is 10.2 Å². The summed E-state index contributed by atoms with van der Waals surface area (Å²) in [7, 11) is 0. The van der Waals surface area contributed by atoms with Gasteiger partial charge in [-0.15, -0.1) is 5.10 Å². The summed E-state index contributed by atoms with van der Waals surface area (Å²) in [5.41, 5.74) is 3.16. The second-order valence-electron chi connectivity index (χ2n) is 4.01. The van der Waals surface area contributed by atoms with Crippen LogP contribution in [0, 0.1) is 6.92 Å². The molecule has 2 heterocycles. The smallest absolute Gasteiger partial charge is 0.177 e. The van der Waals surface area contributed by atoms with Crippen LogP contribution < -0.4 is 0 Å². The Kier molecular flexibility index (Phi) is 2.17. The van der Waals surface area contributed by atoms with E-state index in [1.807, 2.05) is 19.1 Å². The molecule has 3 rings (SSSR count). The highest BCUT2D eigenvalue weighted by Gasteiger charge is 2.21. The molecule has 82 valence electrons. The molecule has 0 radical (unpaired) electrons. The molecule has 1 aliphatic carbocycles. The molecule has 0 atom stereocenters. The van der Waals surface area contributed by atoms with Crippen LogP contribution in [0.3, 0.4) is 0 Å². The Morgan fingerprint density at radius 3 is 2.81 bits per heavy atom. The maximum Gasteiger partial charge on any atom is 0.177 e. The SMILES string of the molecule is Cc1ccc(-n2nc3c(c2Cl)CCC3)nn1. The van der Waals surface area contributed by atoms with Gasteiger partial charge >= 0.3 is 0 Å². The van der Waals surface area contributed by atoms with Gasteiger partial charge in [-0.25, -0.2) is 4.68 Å². The van der Waals surface area contributed by atoms with Crippen LogP contribution in [0.2, 0.25) is 5.15 Å². The van der Waals surface area contributed by atoms with Crippen molar-refractivity contribution in [3.8, 4) is 5.82 Å². The zero-order valence-electron chi connectivity index (χ0n) is 8.94. The van der Waals surface area contributed by atoms with Gasteiger partial charge in [0.15, 0.2) is 5.82 Å². The van der Waals surface area contributed by atoms with E-state index in [0.29, 0.717) is 11.0 Å². The van der Waals surface area contributed by atoms with Gasteiger partial charge in [0.2, 0.25) is 0 Å². The van der Waals surface area contributed by atoms with Crippen molar-refractivity contribution in [2.45, 2.75) is 26.2 Å². The number of rotatable bonds is 1. The number of hydrogen-bond acceptors (Lipinski definition) is 3. The molecule has 0 saturated carbocycles. The van der Waals surface area contributed by atoms with E-state index in [4.69, 9.17) is 11.6 Å². The molecule has 4 nitrogen and oxygen atoms in total. The fourth-order valence-electron chi connectivity index (χ4n) is 2.01. The lowest BCUT2D eigenvalue weighted by molar-refractivity contribution is 0.765. The number of aryl methyl sites for hydroxylation is 2. The Morgan fingerprint density at radius 1 is 1.25 bits per heavy atom. The molecule has 0 unspecified atom stereocenters. The normalized spacial score (nSPS) is 14.1. The molecule has 0 amide bonds. The maximum absolute atomic E-state index is 6.28. The number of aromatic nitrogens is 4. The second-order valence-corrected chi connectivity index (χ2v) is 4.37. The van der Waals surface area contributed by atoms with Crippen LogP contribution in [0.15, 0.2) is 12.1 Å². The van der Waals surface area contributed by atoms with Gasteiger partial charge in [0, 0.05) is 5.56 Å². The molecule has 0 N–H and O–H groups in total. The first-order valence-corrected chi connectivity index (χ1v) is 5.70. The van der Waals surface area contributed by atoms with Crippen LogP contribution >= 0.6 is 11.6 Å². The van der Waals surface area contributed by atoms with E-state index in [0.717, 1.165) is 30.7 Å². The van der Waals surface area contributed by atoms with E-state index < -0.39 is 0 Å². The van der Waals surface area contributed by atoms with Crippen LogP contribution in [0.1, 0.15) is 23.4 Å². The lowest BCUT2D eigenvalue weighted by Crippen LogP contribution is -2.03. The largest absolute Gasteiger partial charge is 0.201 e. The second kappa shape index (κ2) is 3.56. The Balaban J connectivity index is 2.10. The van der Waals surface area contributed by atoms with Gasteiger partial charge < -0.3 is 0 Å². The van der Waals surface area contributed by atoms with Crippen molar-refractivity contribution in [1.29, 1.82) is 0 Å². The highest BCUT2D eigenvalue weighted by atomic mass is 35.5. The molecule has 0 fully saturated rings. The van der Waals surface area contributed by atoms with Gasteiger partial charge in [0.05, 0.1) is 11.4 Å². The first kappa shape index (κ1) is 9.78. The summed E-state index contributed by atoms with van der Waals surface area (Å²) in [6.45, 7) is 1.90. The summed E-state index contributed by atoms with van der Waals surface area (Å²) in [4.78, 5) is 0. The number of hydrogen-bond donors (Lipinski definition) is 0. The van der Waals surface area contributed by atoms with Crippen LogP contribution in [0.5, 0.6) is 0 Å². The summed E-state index contributed by atoms with van der Waals surface area (Å²) in [5.74, 6) is 0.685. The van der Waals surface area contributed by atoms with E-state index in [9.17, 15) is 0 Å². The van der Waals surface area contributed by atoms with Gasteiger partial charge in [0.1, 0.15) is 5.15 Å². The van der Waals surface area contributed by atoms with Crippen molar-refractivity contribution in [3.63, 3.8) is 0 Å². The van der Waals surface area contributed by atoms with Crippen molar-refractivity contribution < 1.29 is 0 Å². The Morgan fingerprint density at radius 2 is 2.12 bits per heavy atom. The van der Waals surface area contributed by atoms with E-state index in [2.05, 4.69) is 15.3 Å². The van der Waals surface area contributed by atoms with Crippen LogP contribution in [0.25, 0.3) is 5.82 Å². The molecular weight excluding hydrogens is 224 g/mol. The summed E-state index contributed by atoms with van der Waals surface area (Å²) in [6, 6.07) is 3.79. The third-order valence-corrected chi connectivity index (χ3v) is 3.23. The topological polar surface area (TPSA) is 43.6 Å². The van der Waals surface area contributed by atoms with Crippen molar-refractivity contribution in [2.24, 2.45) is 0 Å². The number of nitrogens with zero attached hydrogens (tertiary/aromatic N) is 4. The molecule has 0 bridgehead atoms. The lowest BCUT2D eigenvalue weighted by atomic mass is 10.3. The van der Waals surface area contributed by atoms with Crippen molar-refractivity contribution >= 4 is 11.6 Å². The Labute approximate surface area is 98.3 Å². The van der Waals surface area contributed by atoms with Crippen molar-refractivity contribution in [3.05, 3.63) is 34.2 Å². The number of halogens is 1. The average Bonchev–Trinajstić information content (AvgIpc) is 2.84. The minimum Gasteiger partial charge on any atom is -0.201 e. The molecule has 0 aliphatic heterocycles. The van der Waals surface area contributed by atoms with Gasteiger partial charge in [-0.3, -0.25) is 0 Å². The first-order chi connectivity index (χ1) is 7.75. The zero-order valence-corrected chi connectivity index (χ0v) is 9.70. The minimum atomic E-state index is 0.685. The highest BCUT2D eigenvalue weighted by Crippen LogP contribution is 2.29. The summed E-state index contributed by atoms with van der Waals surface area (Å²) >= 11 is 6.28. The Hall–Kier alpha value is -1.42. The van der Waals surface area contributed by atoms with E-state index in [1.165, 1.54) is 5.56 Å². The molecule has 2 aromatic heterocycles. The zero-order chi connectivity index (χ0) is 11.1. The highest BCUT2D eigenvalue weighted by molar-refractivity contribution is 6.30. The molecule has 2 aromatic rings. The van der Waals surface area contributed by atoms with Crippen LogP contribution in [-0.2, 0) is 12.8 Å². The molecule has 0 spiro atoms. The maximum atomic E-state index is 6.28. The summed E-state index contributed by atoms with van der Waals surface area (Å²) < 4.78 is 1.68. The molecule has 0 aromatic carbocycles. The molecule has 0 saturated heterocycles. The van der Waals surface area contributed by atoms with Crippen LogP contribution in [-0.4, -0.2) is 20.0 Å². The third kappa shape index (κ3) is 1.41. The fraction of sp³-hybridized carbons (Fsp3) is 0.364. The van der Waals surface area contributed by atoms with E-state index in [1.54, 1.807) is 4.68 Å². The van der Waals surface area contributed by atoms with Crippen LogP contribution in [0.4, 0.5) is 0 Å². The van der Waals surface area contributed by atoms with E-state index in [-0.39, 0.29) is 0 Å². The molecule has 16 heavy (non-hydrogen) atoms. The van der Waals surface area contributed by atoms with Crippen molar-refractivity contribution in [1.82, 2.24) is 20.0 Å². The summed E-state index contributed by atoms with van der Waals surface area (Å²) in [6.07, 6.45) is 3.19. The molecular formula is C11H11ClN4. The number of fused-ring (bicyclic) bond motifs is 1. The standard InChI is InChI=1S/C11H11ClN4/c1-7-5-6-10(14-13-7)16-11(12)8-3-2-4-9(8)15-16/h5-6H,2-4H2,1H3. The predicted molar refractivity (Wildman–Crippen MR) is 60.9 cm³/mol. The fourth-order valence-corrected chi connectivity index (χ4v) is 2.34. The lowest BCUT2D eigenvalue weighted by Gasteiger charge is -2.02. The quantitative estimate of drug-likeness (QED) is 0.759. The molecule has 5 heteroatoms. The first-order valence-electron chi connectivity index (χ1n) is 5.32.